The lowest BCUT2D eigenvalue weighted by atomic mass is 10.0. The smallest absolute Gasteiger partial charge is 0.230 e. The molecular formula is C21H26BrNOS. The Kier molecular flexibility index (Phi) is 8.56. The quantitative estimate of drug-likeness (QED) is 0.539. The molecule has 0 aliphatic heterocycles. The first-order chi connectivity index (χ1) is 12.0. The van der Waals surface area contributed by atoms with Crippen LogP contribution in [0.25, 0.3) is 0 Å². The maximum Gasteiger partial charge on any atom is 0.230 e. The Balaban J connectivity index is 1.58. The van der Waals surface area contributed by atoms with Crippen molar-refractivity contribution in [2.75, 3.05) is 12.3 Å². The summed E-state index contributed by atoms with van der Waals surface area (Å²) in [6, 6.07) is 17.0. The van der Waals surface area contributed by atoms with Gasteiger partial charge in [-0.1, -0.05) is 66.2 Å². The lowest BCUT2D eigenvalue weighted by molar-refractivity contribution is -0.118. The van der Waals surface area contributed by atoms with Gasteiger partial charge in [-0.2, -0.15) is 0 Å². The van der Waals surface area contributed by atoms with Crippen molar-refractivity contribution < 1.29 is 4.79 Å². The normalized spacial score (nSPS) is 10.9. The van der Waals surface area contributed by atoms with Gasteiger partial charge in [0.25, 0.3) is 0 Å². The van der Waals surface area contributed by atoms with Crippen LogP contribution in [0.15, 0.2) is 53.0 Å². The van der Waals surface area contributed by atoms with Gasteiger partial charge in [0, 0.05) is 16.8 Å². The molecule has 0 radical (unpaired) electrons. The van der Waals surface area contributed by atoms with Gasteiger partial charge in [-0.15, -0.1) is 11.8 Å². The summed E-state index contributed by atoms with van der Waals surface area (Å²) >= 11 is 5.08. The summed E-state index contributed by atoms with van der Waals surface area (Å²) in [5.74, 6) is 2.07. The van der Waals surface area contributed by atoms with Gasteiger partial charge in [-0.05, 0) is 47.6 Å². The zero-order valence-electron chi connectivity index (χ0n) is 14.9. The Bertz CT molecular complexity index is 653. The molecule has 1 N–H and O–H groups in total. The van der Waals surface area contributed by atoms with Crippen LogP contribution in [-0.2, 0) is 17.0 Å². The van der Waals surface area contributed by atoms with E-state index in [2.05, 4.69) is 71.5 Å². The van der Waals surface area contributed by atoms with Crippen LogP contribution in [0, 0.1) is 0 Å². The average Bonchev–Trinajstić information content (AvgIpc) is 2.61. The molecule has 2 rings (SSSR count). The van der Waals surface area contributed by atoms with E-state index in [0.717, 1.165) is 29.6 Å². The Morgan fingerprint density at radius 2 is 1.68 bits per heavy atom. The molecule has 0 saturated heterocycles. The summed E-state index contributed by atoms with van der Waals surface area (Å²) in [5.41, 5.74) is 3.95. The molecule has 0 heterocycles. The summed E-state index contributed by atoms with van der Waals surface area (Å²) in [6.45, 7) is 5.15. The molecule has 0 atom stereocenters. The summed E-state index contributed by atoms with van der Waals surface area (Å²) in [6.07, 6.45) is 1.98. The fraction of sp³-hybridized carbons (Fsp3) is 0.381. The van der Waals surface area contributed by atoms with Gasteiger partial charge in [0.15, 0.2) is 0 Å². The molecule has 0 unspecified atom stereocenters. The van der Waals surface area contributed by atoms with E-state index in [1.165, 1.54) is 16.7 Å². The fourth-order valence-corrected chi connectivity index (χ4v) is 3.56. The van der Waals surface area contributed by atoms with Gasteiger partial charge < -0.3 is 5.32 Å². The standard InChI is InChI=1S/C21H26BrNOS/c1-16(2)19-9-5-17(6-10-19)4-3-13-23-21(24)15-25-14-18-7-11-20(22)12-8-18/h5-12,16H,3-4,13-15H2,1-2H3,(H,23,24). The molecule has 1 amide bonds. The van der Waals surface area contributed by atoms with Crippen LogP contribution in [-0.4, -0.2) is 18.2 Å². The number of rotatable bonds is 9. The second-order valence-corrected chi connectivity index (χ2v) is 8.37. The van der Waals surface area contributed by atoms with E-state index in [0.29, 0.717) is 11.7 Å². The summed E-state index contributed by atoms with van der Waals surface area (Å²) < 4.78 is 1.08. The van der Waals surface area contributed by atoms with Crippen molar-refractivity contribution in [3.8, 4) is 0 Å². The zero-order chi connectivity index (χ0) is 18.1. The molecule has 0 spiro atoms. The maximum atomic E-state index is 11.9. The number of nitrogens with one attached hydrogen (secondary N) is 1. The number of halogens is 1. The lowest BCUT2D eigenvalue weighted by Crippen LogP contribution is -2.26. The van der Waals surface area contributed by atoms with Crippen LogP contribution >= 0.6 is 27.7 Å². The summed E-state index contributed by atoms with van der Waals surface area (Å²) in [4.78, 5) is 11.9. The molecule has 25 heavy (non-hydrogen) atoms. The maximum absolute atomic E-state index is 11.9. The fourth-order valence-electron chi connectivity index (χ4n) is 2.48. The first-order valence-electron chi connectivity index (χ1n) is 8.72. The molecule has 0 saturated carbocycles. The second-order valence-electron chi connectivity index (χ2n) is 6.47. The topological polar surface area (TPSA) is 29.1 Å². The summed E-state index contributed by atoms with van der Waals surface area (Å²) in [7, 11) is 0. The number of thioether (sulfide) groups is 1. The van der Waals surface area contributed by atoms with Gasteiger partial charge in [-0.3, -0.25) is 4.79 Å². The number of aryl methyl sites for hydroxylation is 1. The third kappa shape index (κ3) is 7.66. The molecule has 0 aliphatic carbocycles. The van der Waals surface area contributed by atoms with Gasteiger partial charge >= 0.3 is 0 Å². The van der Waals surface area contributed by atoms with E-state index < -0.39 is 0 Å². The van der Waals surface area contributed by atoms with Crippen LogP contribution in [0.2, 0.25) is 0 Å². The average molecular weight is 420 g/mol. The van der Waals surface area contributed by atoms with Crippen LogP contribution in [0.1, 0.15) is 42.9 Å². The molecule has 4 heteroatoms. The van der Waals surface area contributed by atoms with E-state index in [1.807, 2.05) is 12.1 Å². The predicted molar refractivity (Wildman–Crippen MR) is 112 cm³/mol. The first kappa shape index (κ1) is 20.1. The van der Waals surface area contributed by atoms with Crippen molar-refractivity contribution in [2.24, 2.45) is 0 Å². The molecule has 2 nitrogen and oxygen atoms in total. The van der Waals surface area contributed by atoms with Crippen molar-refractivity contribution in [3.63, 3.8) is 0 Å². The van der Waals surface area contributed by atoms with Gasteiger partial charge in [0.05, 0.1) is 5.75 Å². The molecule has 0 bridgehead atoms. The van der Waals surface area contributed by atoms with E-state index in [1.54, 1.807) is 11.8 Å². The Morgan fingerprint density at radius 1 is 1.04 bits per heavy atom. The lowest BCUT2D eigenvalue weighted by Gasteiger charge is -2.08. The highest BCUT2D eigenvalue weighted by molar-refractivity contribution is 9.10. The highest BCUT2D eigenvalue weighted by Crippen LogP contribution is 2.16. The molecule has 134 valence electrons. The van der Waals surface area contributed by atoms with Crippen molar-refractivity contribution in [1.29, 1.82) is 0 Å². The molecule has 0 aliphatic rings. The van der Waals surface area contributed by atoms with E-state index in [4.69, 9.17) is 0 Å². The number of benzene rings is 2. The Labute approximate surface area is 163 Å². The first-order valence-corrected chi connectivity index (χ1v) is 10.7. The SMILES string of the molecule is CC(C)c1ccc(CCCNC(=O)CSCc2ccc(Br)cc2)cc1. The Morgan fingerprint density at radius 3 is 2.32 bits per heavy atom. The van der Waals surface area contributed by atoms with Gasteiger partial charge in [0.1, 0.15) is 0 Å². The van der Waals surface area contributed by atoms with Crippen molar-refractivity contribution in [2.45, 2.75) is 38.4 Å². The van der Waals surface area contributed by atoms with Crippen molar-refractivity contribution in [3.05, 3.63) is 69.7 Å². The zero-order valence-corrected chi connectivity index (χ0v) is 17.3. The second kappa shape index (κ2) is 10.7. The van der Waals surface area contributed by atoms with E-state index >= 15 is 0 Å². The van der Waals surface area contributed by atoms with E-state index in [9.17, 15) is 4.79 Å². The largest absolute Gasteiger partial charge is 0.355 e. The third-order valence-electron chi connectivity index (χ3n) is 4.03. The number of carbonyl (C=O) groups is 1. The minimum Gasteiger partial charge on any atom is -0.355 e. The number of hydrogen-bond acceptors (Lipinski definition) is 2. The van der Waals surface area contributed by atoms with Crippen molar-refractivity contribution in [1.82, 2.24) is 5.32 Å². The molecule has 2 aromatic rings. The highest BCUT2D eigenvalue weighted by atomic mass is 79.9. The van der Waals surface area contributed by atoms with Crippen LogP contribution in [0.4, 0.5) is 0 Å². The monoisotopic (exact) mass is 419 g/mol. The number of carbonyl (C=O) groups excluding carboxylic acids is 1. The molecule has 2 aromatic carbocycles. The minimum atomic E-state index is 0.122. The summed E-state index contributed by atoms with van der Waals surface area (Å²) in [5, 5.41) is 3.01. The highest BCUT2D eigenvalue weighted by Gasteiger charge is 2.03. The minimum absolute atomic E-state index is 0.122. The number of hydrogen-bond donors (Lipinski definition) is 1. The van der Waals surface area contributed by atoms with Crippen LogP contribution in [0.3, 0.4) is 0 Å². The van der Waals surface area contributed by atoms with Crippen LogP contribution in [0.5, 0.6) is 0 Å². The van der Waals surface area contributed by atoms with Gasteiger partial charge in [0.2, 0.25) is 5.91 Å². The number of amides is 1. The Hall–Kier alpha value is -1.26. The van der Waals surface area contributed by atoms with E-state index in [-0.39, 0.29) is 5.91 Å². The molecule has 0 aromatic heterocycles. The van der Waals surface area contributed by atoms with Gasteiger partial charge in [-0.25, -0.2) is 0 Å². The van der Waals surface area contributed by atoms with Crippen LogP contribution < -0.4 is 5.32 Å². The molecule has 0 fully saturated rings. The predicted octanol–water partition coefficient (Wildman–Crippen LogP) is 5.55. The third-order valence-corrected chi connectivity index (χ3v) is 5.56. The van der Waals surface area contributed by atoms with Crippen molar-refractivity contribution >= 4 is 33.6 Å². The molecular weight excluding hydrogens is 394 g/mol.